The van der Waals surface area contributed by atoms with E-state index >= 15 is 0 Å². The first-order valence-electron chi connectivity index (χ1n) is 11.0. The van der Waals surface area contributed by atoms with E-state index in [0.717, 1.165) is 5.92 Å². The van der Waals surface area contributed by atoms with Crippen molar-refractivity contribution in [2.45, 2.75) is 106 Å². The molecule has 0 N–H and O–H groups in total. The molecule has 2 heteroatoms. The van der Waals surface area contributed by atoms with Crippen LogP contribution in [-0.4, -0.2) is 16.8 Å². The van der Waals surface area contributed by atoms with Gasteiger partial charge in [0.05, 0.1) is 0 Å². The van der Waals surface area contributed by atoms with Crippen molar-refractivity contribution < 1.29 is 0 Å². The number of unbranched alkanes of at least 4 members (excludes halogenated alkanes) is 1. The van der Waals surface area contributed by atoms with Crippen molar-refractivity contribution in [2.75, 3.05) is 6.26 Å². The molecule has 4 atom stereocenters. The molecule has 0 rings (SSSR count). The zero-order valence-electron chi connectivity index (χ0n) is 21.3. The first-order chi connectivity index (χ1) is 13.1. The van der Waals surface area contributed by atoms with E-state index in [9.17, 15) is 0 Å². The number of terminal acetylenes is 1. The van der Waals surface area contributed by atoms with Gasteiger partial charge in [-0.2, -0.15) is 11.8 Å². The lowest BCUT2D eigenvalue weighted by Gasteiger charge is -2.27. The maximum atomic E-state index is 4.60. The first kappa shape index (κ1) is 35.2. The maximum absolute atomic E-state index is 4.60. The summed E-state index contributed by atoms with van der Waals surface area (Å²) in [5.41, 5.74) is 0. The fraction of sp³-hybridized carbons (Fsp3) is 0.769. The van der Waals surface area contributed by atoms with Crippen molar-refractivity contribution in [3.63, 3.8) is 0 Å². The van der Waals surface area contributed by atoms with E-state index < -0.39 is 0 Å². The maximum Gasteiger partial charge on any atom is 0.00844 e. The monoisotopic (exact) mass is 428 g/mol. The highest BCUT2D eigenvalue weighted by molar-refractivity contribution is 8.02. The van der Waals surface area contributed by atoms with E-state index in [1.54, 1.807) is 6.92 Å². The van der Waals surface area contributed by atoms with Crippen molar-refractivity contribution in [3.8, 4) is 12.3 Å². The molecular weight excluding hydrogens is 376 g/mol. The Morgan fingerprint density at radius 3 is 1.75 bits per heavy atom. The summed E-state index contributed by atoms with van der Waals surface area (Å²) >= 11 is 3.95. The van der Waals surface area contributed by atoms with E-state index in [-0.39, 0.29) is 0 Å². The molecule has 4 unspecified atom stereocenters. The van der Waals surface area contributed by atoms with Gasteiger partial charge < -0.3 is 0 Å². The summed E-state index contributed by atoms with van der Waals surface area (Å²) in [5.74, 6) is 4.26. The lowest BCUT2D eigenvalue weighted by Crippen LogP contribution is -2.19. The van der Waals surface area contributed by atoms with Crippen LogP contribution in [0.2, 0.25) is 0 Å². The summed E-state index contributed by atoms with van der Waals surface area (Å²) in [5, 5.41) is 1.31. The van der Waals surface area contributed by atoms with Gasteiger partial charge in [-0.1, -0.05) is 87.3 Å². The Bertz CT molecular complexity index is 374. The Kier molecular flexibility index (Phi) is 33.6. The van der Waals surface area contributed by atoms with Crippen LogP contribution in [0.25, 0.3) is 0 Å². The minimum Gasteiger partial charge on any atom is -0.155 e. The zero-order valence-corrected chi connectivity index (χ0v) is 22.9. The molecule has 0 spiro atoms. The Hall–Kier alpha value is -0.260. The average Bonchev–Trinajstić information content (AvgIpc) is 2.67. The van der Waals surface area contributed by atoms with Gasteiger partial charge in [-0.15, -0.1) is 30.7 Å². The van der Waals surface area contributed by atoms with E-state index in [1.807, 2.05) is 25.6 Å². The lowest BCUT2D eigenvalue weighted by molar-refractivity contribution is 0.472. The van der Waals surface area contributed by atoms with Gasteiger partial charge in [0.2, 0.25) is 0 Å². The molecule has 168 valence electrons. The summed E-state index contributed by atoms with van der Waals surface area (Å²) in [6.45, 7) is 27.9. The standard InChI is InChI=1S/C17H32S2.C4H10.C3H4.C2H6/c1-9-17(10-12(2)3)16(7)19-15(6)13(4)11-14(5)18-8;1-3-4-2;1-3-2;1-2/h9,11-13,15-17H,1,10H2,2-8H3;3-4H2,1-2H3;1H,2H3;1-2H3/b14-11+;;;. The third-order valence-corrected chi connectivity index (χ3v) is 6.56. The SMILES string of the molecule is C#CC.C=CC(CC(C)C)C(C)SC(C)C(C)/C=C(\C)SC.CC.CCCC. The molecule has 28 heavy (non-hydrogen) atoms. The topological polar surface area (TPSA) is 0 Å². The minimum absolute atomic E-state index is 0.629. The molecule has 0 aromatic heterocycles. The highest BCUT2D eigenvalue weighted by atomic mass is 32.2. The molecule has 0 radical (unpaired) electrons. The van der Waals surface area contributed by atoms with E-state index in [2.05, 4.69) is 104 Å². The second-order valence-corrected chi connectivity index (χ2v) is 10.0. The number of hydrogen-bond acceptors (Lipinski definition) is 2. The molecule has 0 bridgehead atoms. The van der Waals surface area contributed by atoms with E-state index in [4.69, 9.17) is 0 Å². The predicted octanol–water partition coefficient (Wildman–Crippen LogP) is 9.72. The first-order valence-corrected chi connectivity index (χ1v) is 13.2. The van der Waals surface area contributed by atoms with Crippen molar-refractivity contribution in [1.29, 1.82) is 0 Å². The number of allylic oxidation sites excluding steroid dienone is 3. The second kappa shape index (κ2) is 26.7. The van der Waals surface area contributed by atoms with Crippen LogP contribution < -0.4 is 0 Å². The van der Waals surface area contributed by atoms with Crippen LogP contribution >= 0.6 is 23.5 Å². The van der Waals surface area contributed by atoms with Gasteiger partial charge in [-0.25, -0.2) is 0 Å². The smallest absolute Gasteiger partial charge is 0.00844 e. The third kappa shape index (κ3) is 25.7. The van der Waals surface area contributed by atoms with E-state index in [0.29, 0.717) is 22.3 Å². The molecule has 0 aliphatic heterocycles. The van der Waals surface area contributed by atoms with Crippen LogP contribution in [0.4, 0.5) is 0 Å². The van der Waals surface area contributed by atoms with Crippen LogP contribution in [0.5, 0.6) is 0 Å². The zero-order chi connectivity index (χ0) is 23.1. The van der Waals surface area contributed by atoms with Gasteiger partial charge in [0, 0.05) is 10.5 Å². The normalized spacial score (nSPS) is 14.5. The minimum atomic E-state index is 0.629. The fourth-order valence-corrected chi connectivity index (χ4v) is 3.94. The molecule has 0 amide bonds. The molecule has 0 fully saturated rings. The number of hydrogen-bond donors (Lipinski definition) is 0. The van der Waals surface area contributed by atoms with Gasteiger partial charge in [0.25, 0.3) is 0 Å². The van der Waals surface area contributed by atoms with Crippen molar-refractivity contribution >= 4 is 23.5 Å². The van der Waals surface area contributed by atoms with Crippen LogP contribution in [0, 0.1) is 30.1 Å². The molecule has 0 aliphatic carbocycles. The van der Waals surface area contributed by atoms with Gasteiger partial charge in [0.1, 0.15) is 0 Å². The quantitative estimate of drug-likeness (QED) is 0.251. The average molecular weight is 429 g/mol. The molecule has 0 heterocycles. The van der Waals surface area contributed by atoms with Gasteiger partial charge in [0.15, 0.2) is 0 Å². The third-order valence-electron chi connectivity index (χ3n) is 4.14. The summed E-state index contributed by atoms with van der Waals surface area (Å²) in [7, 11) is 0. The fourth-order valence-electron chi connectivity index (χ4n) is 2.16. The molecule has 0 aliphatic rings. The van der Waals surface area contributed by atoms with Crippen molar-refractivity contribution in [2.24, 2.45) is 17.8 Å². The second-order valence-electron chi connectivity index (χ2n) is 7.20. The Morgan fingerprint density at radius 2 is 1.46 bits per heavy atom. The van der Waals surface area contributed by atoms with Gasteiger partial charge in [-0.3, -0.25) is 0 Å². The molecule has 0 saturated heterocycles. The van der Waals surface area contributed by atoms with Crippen molar-refractivity contribution in [3.05, 3.63) is 23.6 Å². The molecule has 0 nitrogen and oxygen atoms in total. The Balaban J connectivity index is -0.000000269. The molecule has 0 aromatic rings. The van der Waals surface area contributed by atoms with Crippen LogP contribution in [0.3, 0.4) is 0 Å². The van der Waals surface area contributed by atoms with Crippen LogP contribution in [0.15, 0.2) is 23.6 Å². The van der Waals surface area contributed by atoms with Crippen LogP contribution in [-0.2, 0) is 0 Å². The van der Waals surface area contributed by atoms with Gasteiger partial charge in [-0.05, 0) is 49.2 Å². The summed E-state index contributed by atoms with van der Waals surface area (Å²) < 4.78 is 0. The summed E-state index contributed by atoms with van der Waals surface area (Å²) in [6.07, 6.45) is 15.2. The van der Waals surface area contributed by atoms with Crippen LogP contribution in [0.1, 0.15) is 95.4 Å². The van der Waals surface area contributed by atoms with Gasteiger partial charge >= 0.3 is 0 Å². The van der Waals surface area contributed by atoms with Crippen molar-refractivity contribution in [1.82, 2.24) is 0 Å². The number of thioether (sulfide) groups is 2. The molecular formula is C26H52S2. The summed E-state index contributed by atoms with van der Waals surface area (Å²) in [4.78, 5) is 1.43. The highest BCUT2D eigenvalue weighted by Crippen LogP contribution is 2.33. The molecule has 0 aromatic carbocycles. The predicted molar refractivity (Wildman–Crippen MR) is 143 cm³/mol. The highest BCUT2D eigenvalue weighted by Gasteiger charge is 2.20. The van der Waals surface area contributed by atoms with E-state index in [1.165, 1.54) is 24.2 Å². The summed E-state index contributed by atoms with van der Waals surface area (Å²) in [6, 6.07) is 0. The molecule has 0 saturated carbocycles. The Morgan fingerprint density at radius 1 is 1.04 bits per heavy atom. The lowest BCUT2D eigenvalue weighted by atomic mass is 9.95. The largest absolute Gasteiger partial charge is 0.155 e. The Labute approximate surface area is 189 Å². The number of rotatable bonds is 10.